The van der Waals surface area contributed by atoms with Crippen molar-refractivity contribution in [2.75, 3.05) is 57.9 Å². The Morgan fingerprint density at radius 3 is 2.42 bits per heavy atom. The lowest BCUT2D eigenvalue weighted by molar-refractivity contribution is -0.110. The number of amides is 4. The van der Waals surface area contributed by atoms with Crippen LogP contribution in [0.2, 0.25) is 0 Å². The van der Waals surface area contributed by atoms with Gasteiger partial charge in [-0.25, -0.2) is 18.9 Å². The molecule has 45 heavy (non-hydrogen) atoms. The molecule has 0 atom stereocenters. The molecule has 0 bridgehead atoms. The van der Waals surface area contributed by atoms with Crippen LogP contribution in [0.3, 0.4) is 0 Å². The van der Waals surface area contributed by atoms with E-state index in [1.165, 1.54) is 18.2 Å². The van der Waals surface area contributed by atoms with E-state index in [2.05, 4.69) is 20.5 Å². The van der Waals surface area contributed by atoms with E-state index in [-0.39, 0.29) is 50.0 Å². The summed E-state index contributed by atoms with van der Waals surface area (Å²) in [6, 6.07) is 4.05. The topological polar surface area (TPSA) is 142 Å². The van der Waals surface area contributed by atoms with Crippen LogP contribution in [-0.4, -0.2) is 96.9 Å². The number of hydrogen-bond acceptors (Lipinski definition) is 8. The Bertz CT molecular complexity index is 1430. The average molecular weight is 630 g/mol. The number of nitrogens with zero attached hydrogens (tertiary/aromatic N) is 2. The molecule has 0 saturated carbocycles. The number of aryl methyl sites for hydroxylation is 1. The van der Waals surface area contributed by atoms with Crippen molar-refractivity contribution in [2.24, 2.45) is 0 Å². The lowest BCUT2D eigenvalue weighted by Gasteiger charge is -2.25. The number of rotatable bonds is 13. The quantitative estimate of drug-likeness (QED) is 0.213. The standard InChI is InChI=1S/C32H44FN5O7/c1-8-37(9-2)13-14-38(31(42)44-17-16-43-15-12-34-30(41)45-32(5,6)7)29(40)27-20(3)26(35-21(27)4)19-24-23-18-22(33)10-11-25(23)36-28(24)39/h10-11,18-19,35H,8-9,12-17H2,1-7H3,(H,34,41)(H,36,39)/b24-19-. The lowest BCUT2D eigenvalue weighted by atomic mass is 10.0. The number of halogens is 1. The van der Waals surface area contributed by atoms with Gasteiger partial charge in [0.1, 0.15) is 18.0 Å². The van der Waals surface area contributed by atoms with Gasteiger partial charge in [0, 0.05) is 42.3 Å². The molecule has 0 unspecified atom stereocenters. The minimum absolute atomic E-state index is 0.0594. The molecule has 0 radical (unpaired) electrons. The van der Waals surface area contributed by atoms with Crippen LogP contribution in [0.1, 0.15) is 67.5 Å². The number of carbonyl (C=O) groups is 4. The second-order valence-corrected chi connectivity index (χ2v) is 11.5. The van der Waals surface area contributed by atoms with Crippen molar-refractivity contribution in [3.63, 3.8) is 0 Å². The molecule has 3 N–H and O–H groups in total. The van der Waals surface area contributed by atoms with Crippen molar-refractivity contribution in [2.45, 2.75) is 54.1 Å². The fraction of sp³-hybridized carbons (Fsp3) is 0.500. The molecule has 0 fully saturated rings. The van der Waals surface area contributed by atoms with Gasteiger partial charge in [0.2, 0.25) is 0 Å². The normalized spacial score (nSPS) is 13.5. The van der Waals surface area contributed by atoms with Gasteiger partial charge in [0.15, 0.2) is 0 Å². The number of anilines is 1. The van der Waals surface area contributed by atoms with E-state index in [0.29, 0.717) is 34.7 Å². The summed E-state index contributed by atoms with van der Waals surface area (Å²) in [4.78, 5) is 57.7. The molecular weight excluding hydrogens is 585 g/mol. The summed E-state index contributed by atoms with van der Waals surface area (Å²) in [5, 5.41) is 5.29. The first-order valence-electron chi connectivity index (χ1n) is 15.0. The highest BCUT2D eigenvalue weighted by Gasteiger charge is 2.30. The van der Waals surface area contributed by atoms with Gasteiger partial charge in [-0.1, -0.05) is 13.8 Å². The second kappa shape index (κ2) is 15.7. The smallest absolute Gasteiger partial charge is 0.416 e. The zero-order chi connectivity index (χ0) is 33.3. The number of benzene rings is 1. The summed E-state index contributed by atoms with van der Waals surface area (Å²) in [5.74, 6) is -1.41. The highest BCUT2D eigenvalue weighted by molar-refractivity contribution is 6.35. The number of carbonyl (C=O) groups excluding carboxylic acids is 4. The molecule has 0 aliphatic carbocycles. The third-order valence-corrected chi connectivity index (χ3v) is 7.11. The minimum atomic E-state index is -0.817. The summed E-state index contributed by atoms with van der Waals surface area (Å²) in [6.45, 7) is 15.1. The van der Waals surface area contributed by atoms with E-state index >= 15 is 0 Å². The molecule has 3 rings (SSSR count). The van der Waals surface area contributed by atoms with Crippen LogP contribution in [0.15, 0.2) is 18.2 Å². The van der Waals surface area contributed by atoms with Crippen LogP contribution in [0.25, 0.3) is 11.6 Å². The molecule has 1 aliphatic heterocycles. The Morgan fingerprint density at radius 1 is 1.04 bits per heavy atom. The maximum absolute atomic E-state index is 13.9. The van der Waals surface area contributed by atoms with Crippen molar-refractivity contribution in [3.8, 4) is 0 Å². The van der Waals surface area contributed by atoms with Gasteiger partial charge >= 0.3 is 12.2 Å². The molecule has 2 heterocycles. The number of ether oxygens (including phenoxy) is 3. The Hall–Kier alpha value is -4.23. The SMILES string of the molecule is CCN(CC)CCN(C(=O)OCCOCCNC(=O)OC(C)(C)C)C(=O)c1c(C)[nH]c(/C=C2\C(=O)Nc3ccc(F)cc32)c1C. The monoisotopic (exact) mass is 629 g/mol. The van der Waals surface area contributed by atoms with Gasteiger partial charge in [0.25, 0.3) is 11.8 Å². The first-order valence-corrected chi connectivity index (χ1v) is 15.0. The summed E-state index contributed by atoms with van der Waals surface area (Å²) in [5.41, 5.74) is 2.37. The molecule has 13 heteroatoms. The number of nitrogens with one attached hydrogen (secondary N) is 3. The molecule has 2 aromatic rings. The van der Waals surface area contributed by atoms with Crippen LogP contribution < -0.4 is 10.6 Å². The van der Waals surface area contributed by atoms with E-state index in [9.17, 15) is 23.6 Å². The Balaban J connectivity index is 1.70. The van der Waals surface area contributed by atoms with Gasteiger partial charge in [0.05, 0.1) is 24.4 Å². The fourth-order valence-electron chi connectivity index (χ4n) is 4.79. The highest BCUT2D eigenvalue weighted by atomic mass is 19.1. The third-order valence-electron chi connectivity index (χ3n) is 7.11. The maximum atomic E-state index is 13.9. The van der Waals surface area contributed by atoms with Crippen LogP contribution in [0.4, 0.5) is 19.7 Å². The molecular formula is C32H44FN5O7. The van der Waals surface area contributed by atoms with Crippen molar-refractivity contribution in [1.82, 2.24) is 20.1 Å². The maximum Gasteiger partial charge on any atom is 0.416 e. The van der Waals surface area contributed by atoms with Gasteiger partial charge in [-0.2, -0.15) is 0 Å². The molecule has 12 nitrogen and oxygen atoms in total. The predicted molar refractivity (Wildman–Crippen MR) is 168 cm³/mol. The summed E-state index contributed by atoms with van der Waals surface area (Å²) >= 11 is 0. The molecule has 4 amide bonds. The number of imide groups is 1. The van der Waals surface area contributed by atoms with Crippen LogP contribution in [0.5, 0.6) is 0 Å². The fourth-order valence-corrected chi connectivity index (χ4v) is 4.79. The average Bonchev–Trinajstić information content (AvgIpc) is 3.42. The molecule has 0 saturated heterocycles. The highest BCUT2D eigenvalue weighted by Crippen LogP contribution is 2.34. The first-order chi connectivity index (χ1) is 21.2. The number of alkyl carbamates (subject to hydrolysis) is 1. The largest absolute Gasteiger partial charge is 0.447 e. The van der Waals surface area contributed by atoms with Gasteiger partial charge < -0.3 is 34.7 Å². The second-order valence-electron chi connectivity index (χ2n) is 11.5. The van der Waals surface area contributed by atoms with Crippen LogP contribution in [-0.2, 0) is 19.0 Å². The predicted octanol–water partition coefficient (Wildman–Crippen LogP) is 4.73. The van der Waals surface area contributed by atoms with E-state index in [0.717, 1.165) is 18.0 Å². The zero-order valence-corrected chi connectivity index (χ0v) is 27.1. The number of aromatic amines is 1. The van der Waals surface area contributed by atoms with E-state index in [1.807, 2.05) is 13.8 Å². The summed E-state index contributed by atoms with van der Waals surface area (Å²) < 4.78 is 29.9. The number of likely N-dealkylation sites (N-methyl/N-ethyl adjacent to an activating group) is 1. The van der Waals surface area contributed by atoms with Crippen molar-refractivity contribution >= 4 is 41.3 Å². The van der Waals surface area contributed by atoms with Gasteiger partial charge in [-0.3, -0.25) is 9.59 Å². The Kier molecular flexibility index (Phi) is 12.3. The summed E-state index contributed by atoms with van der Waals surface area (Å²) in [7, 11) is 0. The third kappa shape index (κ3) is 9.63. The first kappa shape index (κ1) is 35.3. The molecule has 1 aliphatic rings. The van der Waals surface area contributed by atoms with Crippen LogP contribution in [0, 0.1) is 19.7 Å². The van der Waals surface area contributed by atoms with Crippen molar-refractivity contribution in [1.29, 1.82) is 0 Å². The Morgan fingerprint density at radius 2 is 1.76 bits per heavy atom. The van der Waals surface area contributed by atoms with Gasteiger partial charge in [-0.15, -0.1) is 0 Å². The van der Waals surface area contributed by atoms with E-state index in [4.69, 9.17) is 14.2 Å². The Labute approximate surface area is 263 Å². The van der Waals surface area contributed by atoms with Gasteiger partial charge in [-0.05, 0) is 77.5 Å². The van der Waals surface area contributed by atoms with Crippen LogP contribution >= 0.6 is 0 Å². The molecule has 1 aromatic heterocycles. The zero-order valence-electron chi connectivity index (χ0n) is 27.1. The number of fused-ring (bicyclic) bond motifs is 1. The summed E-state index contributed by atoms with van der Waals surface area (Å²) in [6.07, 6.45) is 0.203. The van der Waals surface area contributed by atoms with E-state index in [1.54, 1.807) is 40.7 Å². The molecule has 246 valence electrons. The van der Waals surface area contributed by atoms with Crippen molar-refractivity contribution < 1.29 is 37.8 Å². The molecule has 0 spiro atoms. The number of H-pyrrole nitrogens is 1. The lowest BCUT2D eigenvalue weighted by Crippen LogP contribution is -2.43. The minimum Gasteiger partial charge on any atom is -0.447 e. The van der Waals surface area contributed by atoms with Crippen molar-refractivity contribution in [3.05, 3.63) is 52.1 Å². The molecule has 1 aromatic carbocycles. The van der Waals surface area contributed by atoms with E-state index < -0.39 is 29.5 Å². The number of hydrogen-bond donors (Lipinski definition) is 3. The number of aromatic nitrogens is 1.